The van der Waals surface area contributed by atoms with Crippen molar-refractivity contribution in [2.75, 3.05) is 0 Å². The fourth-order valence-electron chi connectivity index (χ4n) is 4.35. The molecular weight excluding hydrogens is 458 g/mol. The van der Waals surface area contributed by atoms with Crippen LogP contribution in [0.25, 0.3) is 5.70 Å². The first-order chi connectivity index (χ1) is 16.4. The molecule has 0 spiro atoms. The van der Waals surface area contributed by atoms with Gasteiger partial charge in [0.05, 0.1) is 12.1 Å². The van der Waals surface area contributed by atoms with Crippen molar-refractivity contribution >= 4 is 17.5 Å². The van der Waals surface area contributed by atoms with Crippen LogP contribution in [0.5, 0.6) is 0 Å². The van der Waals surface area contributed by atoms with Gasteiger partial charge in [0.25, 0.3) is 0 Å². The lowest BCUT2D eigenvalue weighted by atomic mass is 10.0. The van der Waals surface area contributed by atoms with E-state index in [2.05, 4.69) is 11.9 Å². The highest BCUT2D eigenvalue weighted by Gasteiger charge is 2.34. The van der Waals surface area contributed by atoms with E-state index in [0.29, 0.717) is 18.5 Å². The van der Waals surface area contributed by atoms with Gasteiger partial charge in [-0.2, -0.15) is 0 Å². The van der Waals surface area contributed by atoms with E-state index in [-0.39, 0.29) is 50.4 Å². The Morgan fingerprint density at radius 3 is 1.86 bits per heavy atom. The number of nitrogens with one attached hydrogen (secondary N) is 1. The standard InChI is InChI=1S/C18H16FNO.C10H10FNO.2CH4/c1-13(14-5-3-2-4-6-14)20-17(11-12-18(20)21)15-7-9-16(19)10-8-15;11-8-3-1-7(2-4-8)9-5-6-10(13)12-9;;/h2-10,17H,1,11-12H2;1-4,9H,5-6H2,(H,12,13);2*1H4/t17-;9-;;/m00../s1. The van der Waals surface area contributed by atoms with Gasteiger partial charge in [-0.15, -0.1) is 0 Å². The molecule has 36 heavy (non-hydrogen) atoms. The maximum absolute atomic E-state index is 13.1. The maximum atomic E-state index is 13.1. The molecule has 5 rings (SSSR count). The zero-order valence-corrected chi connectivity index (χ0v) is 18.7. The maximum Gasteiger partial charge on any atom is 0.227 e. The molecule has 6 heteroatoms. The normalized spacial score (nSPS) is 18.3. The summed E-state index contributed by atoms with van der Waals surface area (Å²) in [4.78, 5) is 24.9. The van der Waals surface area contributed by atoms with Crippen LogP contribution < -0.4 is 5.32 Å². The Hall–Kier alpha value is -3.80. The van der Waals surface area contributed by atoms with Crippen molar-refractivity contribution < 1.29 is 18.4 Å². The molecular formula is C30H34F2N2O2. The van der Waals surface area contributed by atoms with Crippen molar-refractivity contribution in [1.82, 2.24) is 10.2 Å². The molecule has 4 nitrogen and oxygen atoms in total. The molecule has 0 aliphatic carbocycles. The number of carbonyl (C=O) groups is 2. The minimum atomic E-state index is -0.267. The zero-order chi connectivity index (χ0) is 24.1. The van der Waals surface area contributed by atoms with Gasteiger partial charge in [-0.25, -0.2) is 8.78 Å². The predicted molar refractivity (Wildman–Crippen MR) is 141 cm³/mol. The third-order valence-electron chi connectivity index (χ3n) is 6.13. The lowest BCUT2D eigenvalue weighted by Gasteiger charge is -2.27. The molecule has 0 radical (unpaired) electrons. The molecule has 2 heterocycles. The molecule has 190 valence electrons. The van der Waals surface area contributed by atoms with Crippen molar-refractivity contribution in [3.05, 3.63) is 114 Å². The summed E-state index contributed by atoms with van der Waals surface area (Å²) in [7, 11) is 0. The highest BCUT2D eigenvalue weighted by atomic mass is 19.1. The molecule has 0 bridgehead atoms. The van der Waals surface area contributed by atoms with E-state index in [1.54, 1.807) is 29.2 Å². The molecule has 2 aliphatic heterocycles. The van der Waals surface area contributed by atoms with Crippen LogP contribution in [-0.4, -0.2) is 16.7 Å². The number of carbonyl (C=O) groups excluding carboxylic acids is 2. The number of rotatable bonds is 4. The number of amides is 2. The predicted octanol–water partition coefficient (Wildman–Crippen LogP) is 7.21. The molecule has 2 amide bonds. The molecule has 2 saturated heterocycles. The van der Waals surface area contributed by atoms with Crippen molar-refractivity contribution in [3.63, 3.8) is 0 Å². The van der Waals surface area contributed by atoms with Crippen LogP contribution in [-0.2, 0) is 9.59 Å². The number of likely N-dealkylation sites (tertiary alicyclic amines) is 1. The third-order valence-corrected chi connectivity index (χ3v) is 6.13. The lowest BCUT2D eigenvalue weighted by Crippen LogP contribution is -2.25. The van der Waals surface area contributed by atoms with Gasteiger partial charge in [0.2, 0.25) is 11.8 Å². The summed E-state index contributed by atoms with van der Waals surface area (Å²) in [6, 6.07) is 22.3. The van der Waals surface area contributed by atoms with E-state index in [9.17, 15) is 18.4 Å². The first-order valence-corrected chi connectivity index (χ1v) is 11.3. The third kappa shape index (κ3) is 6.66. The molecule has 3 aromatic carbocycles. The van der Waals surface area contributed by atoms with E-state index < -0.39 is 0 Å². The Kier molecular flexibility index (Phi) is 10.1. The highest BCUT2D eigenvalue weighted by Crippen LogP contribution is 2.38. The largest absolute Gasteiger partial charge is 0.349 e. The van der Waals surface area contributed by atoms with Crippen molar-refractivity contribution in [3.8, 4) is 0 Å². The van der Waals surface area contributed by atoms with E-state index in [1.807, 2.05) is 30.3 Å². The fourth-order valence-corrected chi connectivity index (χ4v) is 4.35. The smallest absolute Gasteiger partial charge is 0.227 e. The van der Waals surface area contributed by atoms with Crippen LogP contribution in [0.3, 0.4) is 0 Å². The average Bonchev–Trinajstić information content (AvgIpc) is 3.46. The van der Waals surface area contributed by atoms with E-state index in [4.69, 9.17) is 0 Å². The van der Waals surface area contributed by atoms with Gasteiger partial charge in [-0.3, -0.25) is 9.59 Å². The first-order valence-electron chi connectivity index (χ1n) is 11.3. The number of benzene rings is 3. The summed E-state index contributed by atoms with van der Waals surface area (Å²) < 4.78 is 25.6. The molecule has 0 unspecified atom stereocenters. The summed E-state index contributed by atoms with van der Waals surface area (Å²) in [5.41, 5.74) is 3.55. The summed E-state index contributed by atoms with van der Waals surface area (Å²) in [5.74, 6) is -0.364. The van der Waals surface area contributed by atoms with E-state index in [1.165, 1.54) is 24.3 Å². The molecule has 1 N–H and O–H groups in total. The molecule has 3 aromatic rings. The van der Waals surface area contributed by atoms with Crippen LogP contribution in [0.4, 0.5) is 8.78 Å². The van der Waals surface area contributed by atoms with Crippen LogP contribution in [0.15, 0.2) is 85.4 Å². The number of hydrogen-bond donors (Lipinski definition) is 1. The van der Waals surface area contributed by atoms with Crippen LogP contribution >= 0.6 is 0 Å². The Morgan fingerprint density at radius 2 is 1.33 bits per heavy atom. The molecule has 2 aliphatic rings. The van der Waals surface area contributed by atoms with Crippen molar-refractivity contribution in [2.45, 2.75) is 52.6 Å². The van der Waals surface area contributed by atoms with Crippen LogP contribution in [0.1, 0.15) is 69.3 Å². The SMILES string of the molecule is C.C.C=C(c1ccccc1)N1C(=O)CC[C@H]1c1ccc(F)cc1.O=C1CC[C@@H](c2ccc(F)cc2)N1. The van der Waals surface area contributed by atoms with E-state index >= 15 is 0 Å². The number of halogens is 2. The topological polar surface area (TPSA) is 49.4 Å². The monoisotopic (exact) mass is 492 g/mol. The summed E-state index contributed by atoms with van der Waals surface area (Å²) in [5, 5.41) is 2.83. The first kappa shape index (κ1) is 28.4. The van der Waals surface area contributed by atoms with Gasteiger partial charge in [-0.1, -0.05) is 76.0 Å². The summed E-state index contributed by atoms with van der Waals surface area (Å²) in [6.45, 7) is 4.08. The minimum absolute atomic E-state index is 0. The second-order valence-corrected chi connectivity index (χ2v) is 8.39. The molecule has 2 atom stereocenters. The molecule has 0 aromatic heterocycles. The molecule has 0 saturated carbocycles. The van der Waals surface area contributed by atoms with Gasteiger partial charge < -0.3 is 10.2 Å². The van der Waals surface area contributed by atoms with Gasteiger partial charge in [0.1, 0.15) is 11.6 Å². The average molecular weight is 493 g/mol. The van der Waals surface area contributed by atoms with Gasteiger partial charge in [-0.05, 0) is 53.8 Å². The van der Waals surface area contributed by atoms with Crippen molar-refractivity contribution in [1.29, 1.82) is 0 Å². The van der Waals surface area contributed by atoms with Gasteiger partial charge in [0.15, 0.2) is 0 Å². The Balaban J connectivity index is 0.000000264. The second kappa shape index (κ2) is 12.8. The van der Waals surface area contributed by atoms with Crippen LogP contribution in [0.2, 0.25) is 0 Å². The summed E-state index contributed by atoms with van der Waals surface area (Å²) in [6.07, 6.45) is 2.61. The zero-order valence-electron chi connectivity index (χ0n) is 18.7. The lowest BCUT2D eigenvalue weighted by molar-refractivity contribution is -0.125. The Labute approximate surface area is 212 Å². The van der Waals surface area contributed by atoms with Gasteiger partial charge >= 0.3 is 0 Å². The summed E-state index contributed by atoms with van der Waals surface area (Å²) >= 11 is 0. The second-order valence-electron chi connectivity index (χ2n) is 8.39. The highest BCUT2D eigenvalue weighted by molar-refractivity contribution is 5.88. The minimum Gasteiger partial charge on any atom is -0.349 e. The van der Waals surface area contributed by atoms with E-state index in [0.717, 1.165) is 29.5 Å². The quantitative estimate of drug-likeness (QED) is 0.418. The fraction of sp³-hybridized carbons (Fsp3) is 0.267. The van der Waals surface area contributed by atoms with Crippen molar-refractivity contribution in [2.24, 2.45) is 0 Å². The number of hydrogen-bond acceptors (Lipinski definition) is 2. The van der Waals surface area contributed by atoms with Crippen LogP contribution in [0, 0.1) is 11.6 Å². The van der Waals surface area contributed by atoms with Gasteiger partial charge in [0, 0.05) is 18.5 Å². The Morgan fingerprint density at radius 1 is 0.778 bits per heavy atom. The Bertz CT molecular complexity index is 1160. The molecule has 2 fully saturated rings. The number of nitrogens with zero attached hydrogens (tertiary/aromatic N) is 1.